The second-order valence-electron chi connectivity index (χ2n) is 7.36. The number of hydrogen-bond donors (Lipinski definition) is 0. The van der Waals surface area contributed by atoms with Crippen LogP contribution >= 0.6 is 11.6 Å². The van der Waals surface area contributed by atoms with Gasteiger partial charge in [0.1, 0.15) is 12.9 Å². The lowest BCUT2D eigenvalue weighted by Crippen LogP contribution is -2.22. The van der Waals surface area contributed by atoms with Crippen molar-refractivity contribution >= 4 is 22.6 Å². The number of hydrogen-bond acceptors (Lipinski definition) is 7. The lowest BCUT2D eigenvalue weighted by molar-refractivity contribution is 0.110. The predicted octanol–water partition coefficient (Wildman–Crippen LogP) is 3.43. The van der Waals surface area contributed by atoms with Gasteiger partial charge in [0.15, 0.2) is 11.5 Å². The van der Waals surface area contributed by atoms with Crippen LogP contribution < -0.4 is 5.56 Å². The van der Waals surface area contributed by atoms with Crippen LogP contribution in [0.5, 0.6) is 0 Å². The summed E-state index contributed by atoms with van der Waals surface area (Å²) >= 11 is 5.96. The third kappa shape index (κ3) is 3.48. The maximum Gasteiger partial charge on any atom is 0.263 e. The molecule has 5 rings (SSSR count). The van der Waals surface area contributed by atoms with E-state index in [-0.39, 0.29) is 24.1 Å². The van der Waals surface area contributed by atoms with Gasteiger partial charge in [-0.3, -0.25) is 9.36 Å². The van der Waals surface area contributed by atoms with Gasteiger partial charge in [0.25, 0.3) is 5.56 Å². The summed E-state index contributed by atoms with van der Waals surface area (Å²) < 4.78 is 12.8. The summed E-state index contributed by atoms with van der Waals surface area (Å²) in [6, 6.07) is 9.43. The largest absolute Gasteiger partial charge is 0.373 e. The second-order valence-corrected chi connectivity index (χ2v) is 7.79. The minimum atomic E-state index is -0.183. The quantitative estimate of drug-likeness (QED) is 0.496. The van der Waals surface area contributed by atoms with Crippen molar-refractivity contribution in [3.05, 3.63) is 81.1 Å². The highest BCUT2D eigenvalue weighted by Gasteiger charge is 2.31. The topological polar surface area (TPSA) is 95.9 Å². The number of benzene rings is 1. The standard InChI is InChI=1S/C21H18ClN5O3/c1-12-6-7-23-20-18(12)21(28)27(11-24-20)9-17-25-19(26-30-17)14-8-16(29-10-14)13-2-4-15(22)5-3-13/h2-7,11,14,16H,8-10H2,1H3/t14-,16+/m0/s1. The van der Waals surface area contributed by atoms with Gasteiger partial charge in [-0.05, 0) is 42.7 Å². The fraction of sp³-hybridized carbons (Fsp3) is 0.286. The number of aromatic nitrogens is 5. The molecule has 9 heteroatoms. The SMILES string of the molecule is Cc1ccnc2ncn(Cc3nc([C@@H]4CO[C@@H](c5ccc(Cl)cc5)C4)no3)c(=O)c12. The highest BCUT2D eigenvalue weighted by molar-refractivity contribution is 6.30. The predicted molar refractivity (Wildman–Crippen MR) is 109 cm³/mol. The minimum absolute atomic E-state index is 0.0288. The van der Waals surface area contributed by atoms with Crippen molar-refractivity contribution in [1.29, 1.82) is 0 Å². The Bertz CT molecular complexity index is 1270. The Labute approximate surface area is 176 Å². The number of nitrogens with zero attached hydrogens (tertiary/aromatic N) is 5. The fourth-order valence-electron chi connectivity index (χ4n) is 3.70. The first-order chi connectivity index (χ1) is 14.6. The summed E-state index contributed by atoms with van der Waals surface area (Å²) in [6.07, 6.45) is 3.82. The zero-order valence-corrected chi connectivity index (χ0v) is 16.9. The van der Waals surface area contributed by atoms with E-state index in [0.717, 1.165) is 17.5 Å². The number of pyridine rings is 1. The minimum Gasteiger partial charge on any atom is -0.373 e. The van der Waals surface area contributed by atoms with Gasteiger partial charge in [-0.25, -0.2) is 9.97 Å². The maximum absolute atomic E-state index is 12.8. The Morgan fingerprint density at radius 1 is 1.20 bits per heavy atom. The van der Waals surface area contributed by atoms with Crippen LogP contribution in [-0.2, 0) is 11.3 Å². The molecule has 0 aliphatic carbocycles. The van der Waals surface area contributed by atoms with E-state index in [1.165, 1.54) is 10.9 Å². The number of fused-ring (bicyclic) bond motifs is 1. The highest BCUT2D eigenvalue weighted by Crippen LogP contribution is 2.37. The number of ether oxygens (including phenoxy) is 1. The van der Waals surface area contributed by atoms with Crippen LogP contribution in [0.2, 0.25) is 5.02 Å². The van der Waals surface area contributed by atoms with E-state index in [1.807, 2.05) is 31.2 Å². The van der Waals surface area contributed by atoms with Crippen LogP contribution in [-0.4, -0.2) is 31.3 Å². The lowest BCUT2D eigenvalue weighted by atomic mass is 10.0. The van der Waals surface area contributed by atoms with Crippen molar-refractivity contribution in [2.45, 2.75) is 31.9 Å². The molecular formula is C21H18ClN5O3. The molecule has 4 aromatic rings. The molecule has 0 unspecified atom stereocenters. The smallest absolute Gasteiger partial charge is 0.263 e. The first-order valence-electron chi connectivity index (χ1n) is 9.59. The summed E-state index contributed by atoms with van der Waals surface area (Å²) in [7, 11) is 0. The molecule has 152 valence electrons. The van der Waals surface area contributed by atoms with E-state index >= 15 is 0 Å². The van der Waals surface area contributed by atoms with Crippen molar-refractivity contribution in [1.82, 2.24) is 24.7 Å². The molecule has 30 heavy (non-hydrogen) atoms. The molecule has 2 atom stereocenters. The Morgan fingerprint density at radius 3 is 2.87 bits per heavy atom. The molecule has 0 amide bonds. The van der Waals surface area contributed by atoms with E-state index in [0.29, 0.717) is 34.4 Å². The third-order valence-electron chi connectivity index (χ3n) is 5.33. The molecule has 1 aliphatic rings. The highest BCUT2D eigenvalue weighted by atomic mass is 35.5. The van der Waals surface area contributed by atoms with Crippen LogP contribution in [0.25, 0.3) is 11.0 Å². The van der Waals surface area contributed by atoms with E-state index in [4.69, 9.17) is 20.9 Å². The average Bonchev–Trinajstić information content (AvgIpc) is 3.40. The van der Waals surface area contributed by atoms with E-state index < -0.39 is 0 Å². The molecule has 3 aromatic heterocycles. The van der Waals surface area contributed by atoms with Crippen molar-refractivity contribution in [3.63, 3.8) is 0 Å². The zero-order valence-electron chi connectivity index (χ0n) is 16.2. The van der Waals surface area contributed by atoms with Crippen LogP contribution in [0.3, 0.4) is 0 Å². The first kappa shape index (κ1) is 18.9. The number of halogens is 1. The normalized spacial score (nSPS) is 18.9. The molecule has 1 aliphatic heterocycles. The number of rotatable bonds is 4. The van der Waals surface area contributed by atoms with Gasteiger partial charge in [-0.1, -0.05) is 28.9 Å². The van der Waals surface area contributed by atoms with Gasteiger partial charge in [0.05, 0.1) is 18.1 Å². The van der Waals surface area contributed by atoms with Gasteiger partial charge in [-0.15, -0.1) is 0 Å². The summed E-state index contributed by atoms with van der Waals surface area (Å²) in [4.78, 5) is 25.7. The summed E-state index contributed by atoms with van der Waals surface area (Å²) in [6.45, 7) is 2.52. The molecule has 0 N–H and O–H groups in total. The molecule has 0 bridgehead atoms. The number of aryl methyl sites for hydroxylation is 1. The summed E-state index contributed by atoms with van der Waals surface area (Å²) in [5.74, 6) is 0.965. The Kier molecular flexibility index (Phi) is 4.80. The van der Waals surface area contributed by atoms with Gasteiger partial charge in [0, 0.05) is 17.1 Å². The molecule has 0 radical (unpaired) electrons. The summed E-state index contributed by atoms with van der Waals surface area (Å²) in [5, 5.41) is 5.30. The molecule has 1 aromatic carbocycles. The van der Waals surface area contributed by atoms with Crippen LogP contribution in [0.1, 0.15) is 41.3 Å². The van der Waals surface area contributed by atoms with Crippen molar-refractivity contribution in [2.75, 3.05) is 6.61 Å². The average molecular weight is 424 g/mol. The zero-order chi connectivity index (χ0) is 20.7. The monoisotopic (exact) mass is 423 g/mol. The van der Waals surface area contributed by atoms with Crippen LogP contribution in [0.15, 0.2) is 52.2 Å². The van der Waals surface area contributed by atoms with Crippen molar-refractivity contribution < 1.29 is 9.26 Å². The Morgan fingerprint density at radius 2 is 2.03 bits per heavy atom. The van der Waals surface area contributed by atoms with Crippen LogP contribution in [0.4, 0.5) is 0 Å². The molecule has 4 heterocycles. The Hall–Kier alpha value is -3.10. The third-order valence-corrected chi connectivity index (χ3v) is 5.58. The van der Waals surface area contributed by atoms with Gasteiger partial charge in [-0.2, -0.15) is 4.98 Å². The Balaban J connectivity index is 1.34. The van der Waals surface area contributed by atoms with E-state index in [2.05, 4.69) is 20.1 Å². The second kappa shape index (κ2) is 7.62. The molecule has 8 nitrogen and oxygen atoms in total. The lowest BCUT2D eigenvalue weighted by Gasteiger charge is -2.09. The molecule has 0 saturated carbocycles. The summed E-state index contributed by atoms with van der Waals surface area (Å²) in [5.41, 5.74) is 2.15. The first-order valence-corrected chi connectivity index (χ1v) is 9.96. The molecular weight excluding hydrogens is 406 g/mol. The molecule has 1 saturated heterocycles. The van der Waals surface area contributed by atoms with E-state index in [9.17, 15) is 4.79 Å². The van der Waals surface area contributed by atoms with Crippen molar-refractivity contribution in [2.24, 2.45) is 0 Å². The fourth-order valence-corrected chi connectivity index (χ4v) is 3.83. The van der Waals surface area contributed by atoms with Gasteiger partial charge < -0.3 is 9.26 Å². The van der Waals surface area contributed by atoms with Crippen LogP contribution in [0, 0.1) is 6.92 Å². The molecule has 1 fully saturated rings. The van der Waals surface area contributed by atoms with Gasteiger partial charge >= 0.3 is 0 Å². The van der Waals surface area contributed by atoms with Crippen molar-refractivity contribution in [3.8, 4) is 0 Å². The van der Waals surface area contributed by atoms with E-state index in [1.54, 1.807) is 12.3 Å². The van der Waals surface area contributed by atoms with Gasteiger partial charge in [0.2, 0.25) is 5.89 Å². The maximum atomic E-state index is 12.8. The molecule has 0 spiro atoms.